The first-order chi connectivity index (χ1) is 23.5. The zero-order valence-electron chi connectivity index (χ0n) is 27.3. The van der Waals surface area contributed by atoms with Crippen molar-refractivity contribution >= 4 is 45.0 Å². The summed E-state index contributed by atoms with van der Waals surface area (Å²) in [5.41, 5.74) is 0.0925. The van der Waals surface area contributed by atoms with Crippen LogP contribution < -0.4 is 9.64 Å². The fourth-order valence-electron chi connectivity index (χ4n) is 6.81. The summed E-state index contributed by atoms with van der Waals surface area (Å²) in [5.74, 6) is -3.18. The standard InChI is InChI=1S/C35H35ClF3N7O3/c1-19(2)46-17-24(48-4)14-23(46)18-49-35-42-32-26(33(43-35)44-12-13-45(34(47)20(3)37)22(16-44)10-11-40)15-41-31(30(32)39)25-7-5-6-21-8-9-27(38)29(36)28(21)25/h5-9,15,19,22-24H,3,10,12-14,16-18H2,1-2,4H3/t22-,23-,24+/m0/s1. The van der Waals surface area contributed by atoms with E-state index in [0.717, 1.165) is 13.0 Å². The first-order valence-corrected chi connectivity index (χ1v) is 16.3. The molecule has 2 aliphatic rings. The average molecular weight is 694 g/mol. The lowest BCUT2D eigenvalue weighted by Crippen LogP contribution is -2.55. The molecule has 2 aliphatic heterocycles. The van der Waals surface area contributed by atoms with E-state index in [2.05, 4.69) is 41.4 Å². The summed E-state index contributed by atoms with van der Waals surface area (Å²) in [4.78, 5) is 31.6. The minimum atomic E-state index is -1.12. The molecule has 0 N–H and O–H groups in total. The van der Waals surface area contributed by atoms with Gasteiger partial charge in [-0.05, 0) is 31.7 Å². The zero-order chi connectivity index (χ0) is 35.0. The lowest BCUT2D eigenvalue weighted by molar-refractivity contribution is -0.131. The van der Waals surface area contributed by atoms with Gasteiger partial charge in [0, 0.05) is 62.5 Å². The van der Waals surface area contributed by atoms with Gasteiger partial charge in [0.15, 0.2) is 11.6 Å². The fourth-order valence-corrected chi connectivity index (χ4v) is 7.08. The molecule has 256 valence electrons. The van der Waals surface area contributed by atoms with Crippen LogP contribution in [0.1, 0.15) is 26.7 Å². The number of piperazine rings is 1. The van der Waals surface area contributed by atoms with Crippen LogP contribution in [0.3, 0.4) is 0 Å². The molecule has 0 spiro atoms. The molecule has 2 saturated heterocycles. The number of nitriles is 1. The van der Waals surface area contributed by atoms with E-state index in [0.29, 0.717) is 10.8 Å². The Morgan fingerprint density at radius 1 is 1.16 bits per heavy atom. The van der Waals surface area contributed by atoms with Crippen LogP contribution in [-0.2, 0) is 9.53 Å². The Balaban J connectivity index is 1.45. The molecular weight excluding hydrogens is 659 g/mol. The molecule has 0 radical (unpaired) electrons. The van der Waals surface area contributed by atoms with Crippen molar-refractivity contribution in [2.45, 2.75) is 50.9 Å². The molecular formula is C35H35ClF3N7O3. The van der Waals surface area contributed by atoms with Gasteiger partial charge in [-0.2, -0.15) is 15.2 Å². The lowest BCUT2D eigenvalue weighted by Gasteiger charge is -2.41. The molecule has 4 heterocycles. The number of ether oxygens (including phenoxy) is 2. The highest BCUT2D eigenvalue weighted by atomic mass is 35.5. The molecule has 10 nitrogen and oxygen atoms in total. The topological polar surface area (TPSA) is 108 Å². The van der Waals surface area contributed by atoms with Crippen molar-refractivity contribution in [2.24, 2.45) is 0 Å². The molecule has 1 amide bonds. The average Bonchev–Trinajstić information content (AvgIpc) is 3.52. The molecule has 3 atom stereocenters. The van der Waals surface area contributed by atoms with Gasteiger partial charge in [0.2, 0.25) is 0 Å². The van der Waals surface area contributed by atoms with Gasteiger partial charge < -0.3 is 19.3 Å². The molecule has 2 aromatic heterocycles. The number of anilines is 1. The van der Waals surface area contributed by atoms with E-state index >= 15 is 4.39 Å². The predicted octanol–water partition coefficient (Wildman–Crippen LogP) is 6.07. The van der Waals surface area contributed by atoms with Gasteiger partial charge in [-0.3, -0.25) is 14.7 Å². The molecule has 4 aromatic rings. The molecule has 2 aromatic carbocycles. The number of aromatic nitrogens is 3. The third-order valence-electron chi connectivity index (χ3n) is 9.26. The van der Waals surface area contributed by atoms with Crippen molar-refractivity contribution in [1.82, 2.24) is 24.8 Å². The van der Waals surface area contributed by atoms with Crippen LogP contribution in [-0.4, -0.2) is 94.8 Å². The van der Waals surface area contributed by atoms with E-state index < -0.39 is 29.4 Å². The molecule has 0 bridgehead atoms. The number of amides is 1. The van der Waals surface area contributed by atoms with Crippen LogP contribution in [0.2, 0.25) is 5.02 Å². The molecule has 0 aliphatic carbocycles. The van der Waals surface area contributed by atoms with Gasteiger partial charge in [-0.25, -0.2) is 13.2 Å². The summed E-state index contributed by atoms with van der Waals surface area (Å²) in [6.07, 6.45) is 2.11. The maximum absolute atomic E-state index is 16.8. The number of hydrogen-bond acceptors (Lipinski definition) is 9. The van der Waals surface area contributed by atoms with Crippen LogP contribution in [0.15, 0.2) is 48.9 Å². The molecule has 49 heavy (non-hydrogen) atoms. The molecule has 0 unspecified atom stereocenters. The first kappa shape index (κ1) is 34.4. The Bertz CT molecular complexity index is 1970. The lowest BCUT2D eigenvalue weighted by atomic mass is 10.0. The van der Waals surface area contributed by atoms with E-state index in [1.807, 2.05) is 0 Å². The largest absolute Gasteiger partial charge is 0.462 e. The number of benzene rings is 2. The van der Waals surface area contributed by atoms with E-state index in [1.54, 1.807) is 36.3 Å². The number of carbonyl (C=O) groups excluding carboxylic acids is 1. The Labute approximate surface area is 286 Å². The number of hydrogen-bond donors (Lipinski definition) is 0. The summed E-state index contributed by atoms with van der Waals surface area (Å²) >= 11 is 6.38. The molecule has 2 fully saturated rings. The number of halogens is 4. The van der Waals surface area contributed by atoms with Crippen molar-refractivity contribution < 1.29 is 27.4 Å². The number of fused-ring (bicyclic) bond motifs is 2. The quantitative estimate of drug-likeness (QED) is 0.193. The summed E-state index contributed by atoms with van der Waals surface area (Å²) in [7, 11) is 1.67. The number of nitrogens with zero attached hydrogens (tertiary/aromatic N) is 7. The van der Waals surface area contributed by atoms with Gasteiger partial charge >= 0.3 is 6.01 Å². The van der Waals surface area contributed by atoms with Crippen LogP contribution in [0.25, 0.3) is 32.9 Å². The minimum Gasteiger partial charge on any atom is -0.462 e. The highest BCUT2D eigenvalue weighted by molar-refractivity contribution is 6.36. The molecule has 14 heteroatoms. The smallest absolute Gasteiger partial charge is 0.319 e. The van der Waals surface area contributed by atoms with Crippen molar-refractivity contribution in [3.8, 4) is 23.3 Å². The third kappa shape index (κ3) is 6.60. The number of pyridine rings is 1. The molecule has 0 saturated carbocycles. The minimum absolute atomic E-state index is 0.0124. The van der Waals surface area contributed by atoms with E-state index in [1.165, 1.54) is 17.2 Å². The Hall–Kier alpha value is -4.51. The number of rotatable bonds is 9. The van der Waals surface area contributed by atoms with Crippen molar-refractivity contribution in [1.29, 1.82) is 5.26 Å². The van der Waals surface area contributed by atoms with Gasteiger partial charge in [-0.1, -0.05) is 42.4 Å². The number of likely N-dealkylation sites (tertiary alicyclic amines) is 1. The number of methoxy groups -OCH3 is 1. The predicted molar refractivity (Wildman–Crippen MR) is 180 cm³/mol. The van der Waals surface area contributed by atoms with Gasteiger partial charge in [0.05, 0.1) is 35.0 Å². The second-order valence-electron chi connectivity index (χ2n) is 12.5. The maximum atomic E-state index is 16.8. The zero-order valence-corrected chi connectivity index (χ0v) is 28.1. The summed E-state index contributed by atoms with van der Waals surface area (Å²) < 4.78 is 57.0. The van der Waals surface area contributed by atoms with Crippen LogP contribution in [0, 0.1) is 23.0 Å². The van der Waals surface area contributed by atoms with Gasteiger partial charge in [-0.15, -0.1) is 0 Å². The van der Waals surface area contributed by atoms with Crippen LogP contribution in [0.4, 0.5) is 19.0 Å². The second-order valence-corrected chi connectivity index (χ2v) is 12.9. The van der Waals surface area contributed by atoms with Crippen LogP contribution >= 0.6 is 11.6 Å². The molecule has 6 rings (SSSR count). The van der Waals surface area contributed by atoms with Crippen molar-refractivity contribution in [2.75, 3.05) is 44.8 Å². The fraction of sp³-hybridized carbons (Fsp3) is 0.400. The van der Waals surface area contributed by atoms with Gasteiger partial charge in [0.25, 0.3) is 5.91 Å². The summed E-state index contributed by atoms with van der Waals surface area (Å²) in [5, 5.41) is 10.5. The highest BCUT2D eigenvalue weighted by Gasteiger charge is 2.36. The highest BCUT2D eigenvalue weighted by Crippen LogP contribution is 2.38. The van der Waals surface area contributed by atoms with E-state index in [4.69, 9.17) is 26.1 Å². The monoisotopic (exact) mass is 693 g/mol. The Morgan fingerprint density at radius 3 is 2.67 bits per heavy atom. The van der Waals surface area contributed by atoms with Crippen LogP contribution in [0.5, 0.6) is 6.01 Å². The summed E-state index contributed by atoms with van der Waals surface area (Å²) in [6, 6.07) is 9.35. The SMILES string of the molecule is C=C(F)C(=O)N1CCN(c2nc(OC[C@@H]3C[C@@H](OC)CN3C(C)C)nc3c(F)c(-c4cccc5ccc(F)c(Cl)c45)ncc23)C[C@@H]1CC#N. The Morgan fingerprint density at radius 2 is 1.96 bits per heavy atom. The van der Waals surface area contributed by atoms with Crippen molar-refractivity contribution in [3.63, 3.8) is 0 Å². The first-order valence-electron chi connectivity index (χ1n) is 15.9. The van der Waals surface area contributed by atoms with Crippen molar-refractivity contribution in [3.05, 3.63) is 65.6 Å². The number of carbonyl (C=O) groups is 1. The van der Waals surface area contributed by atoms with Gasteiger partial charge in [0.1, 0.15) is 29.5 Å². The normalized spacial score (nSPS) is 19.9. The third-order valence-corrected chi connectivity index (χ3v) is 9.63. The maximum Gasteiger partial charge on any atom is 0.319 e. The summed E-state index contributed by atoms with van der Waals surface area (Å²) in [6.45, 7) is 8.59. The Kier molecular flexibility index (Phi) is 9.92. The van der Waals surface area contributed by atoms with E-state index in [-0.39, 0.29) is 89.9 Å². The second kappa shape index (κ2) is 14.2. The van der Waals surface area contributed by atoms with E-state index in [9.17, 15) is 18.8 Å².